The minimum absolute atomic E-state index is 0.166. The molecule has 2 N–H and O–H groups in total. The molecule has 28 heavy (non-hydrogen) atoms. The standard InChI is InChI=1S/C20H23N3O5/c1-20(2,3)28-19(27)23-7-6-14(11-23)17(24)22-16-9-15-8-12(18(25)26)4-5-13(15)10-21-16/h4-5,8-10,14H,6-7,11H2,1-3H3,(H,25,26)(H,21,22,24). The highest BCUT2D eigenvalue weighted by atomic mass is 16.6. The highest BCUT2D eigenvalue weighted by Gasteiger charge is 2.33. The molecule has 1 aliphatic rings. The molecule has 3 rings (SSSR count). The predicted molar refractivity (Wildman–Crippen MR) is 103 cm³/mol. The van der Waals surface area contributed by atoms with E-state index in [0.717, 1.165) is 5.39 Å². The van der Waals surface area contributed by atoms with Gasteiger partial charge in [0, 0.05) is 24.7 Å². The molecule has 0 aliphatic carbocycles. The number of pyridine rings is 1. The maximum atomic E-state index is 12.6. The number of anilines is 1. The van der Waals surface area contributed by atoms with Gasteiger partial charge in [-0.2, -0.15) is 0 Å². The van der Waals surface area contributed by atoms with E-state index >= 15 is 0 Å². The first-order chi connectivity index (χ1) is 13.1. The molecule has 0 spiro atoms. The lowest BCUT2D eigenvalue weighted by Crippen LogP contribution is -2.36. The topological polar surface area (TPSA) is 109 Å². The summed E-state index contributed by atoms with van der Waals surface area (Å²) >= 11 is 0. The number of carboxylic acids is 1. The molecule has 8 heteroatoms. The van der Waals surface area contributed by atoms with Gasteiger partial charge in [0.25, 0.3) is 0 Å². The number of likely N-dealkylation sites (tertiary alicyclic amines) is 1. The van der Waals surface area contributed by atoms with Gasteiger partial charge in [0.1, 0.15) is 11.4 Å². The van der Waals surface area contributed by atoms with Crippen LogP contribution in [-0.2, 0) is 9.53 Å². The van der Waals surface area contributed by atoms with E-state index in [4.69, 9.17) is 9.84 Å². The summed E-state index contributed by atoms with van der Waals surface area (Å²) in [7, 11) is 0. The zero-order valence-electron chi connectivity index (χ0n) is 16.1. The molecule has 8 nitrogen and oxygen atoms in total. The van der Waals surface area contributed by atoms with Gasteiger partial charge >= 0.3 is 12.1 Å². The number of carboxylic acid groups (broad SMARTS) is 1. The summed E-state index contributed by atoms with van der Waals surface area (Å²) in [6.45, 7) is 6.14. The Morgan fingerprint density at radius 3 is 2.64 bits per heavy atom. The van der Waals surface area contributed by atoms with Gasteiger partial charge in [-0.05, 0) is 50.8 Å². The average Bonchev–Trinajstić information content (AvgIpc) is 3.10. The van der Waals surface area contributed by atoms with Gasteiger partial charge in [0.2, 0.25) is 5.91 Å². The van der Waals surface area contributed by atoms with Crippen LogP contribution >= 0.6 is 0 Å². The van der Waals surface area contributed by atoms with Gasteiger partial charge in [0.15, 0.2) is 0 Å². The summed E-state index contributed by atoms with van der Waals surface area (Å²) in [5.74, 6) is -1.25. The Labute approximate surface area is 162 Å². The maximum Gasteiger partial charge on any atom is 0.410 e. The van der Waals surface area contributed by atoms with Crippen LogP contribution in [0.3, 0.4) is 0 Å². The smallest absolute Gasteiger partial charge is 0.410 e. The Morgan fingerprint density at radius 2 is 1.96 bits per heavy atom. The summed E-state index contributed by atoms with van der Waals surface area (Å²) < 4.78 is 5.34. The van der Waals surface area contributed by atoms with E-state index in [1.807, 2.05) is 0 Å². The molecule has 0 saturated carbocycles. The molecule has 1 fully saturated rings. The van der Waals surface area contributed by atoms with Crippen LogP contribution < -0.4 is 5.32 Å². The van der Waals surface area contributed by atoms with Gasteiger partial charge in [0.05, 0.1) is 11.5 Å². The molecule has 1 aromatic heterocycles. The lowest BCUT2D eigenvalue weighted by atomic mass is 10.1. The zero-order chi connectivity index (χ0) is 20.5. The summed E-state index contributed by atoms with van der Waals surface area (Å²) in [5, 5.41) is 13.3. The first-order valence-electron chi connectivity index (χ1n) is 9.04. The highest BCUT2D eigenvalue weighted by molar-refractivity contribution is 5.97. The number of nitrogens with zero attached hydrogens (tertiary/aromatic N) is 2. The van der Waals surface area contributed by atoms with Crippen LogP contribution in [0.25, 0.3) is 10.8 Å². The normalized spacial score (nSPS) is 16.8. The van der Waals surface area contributed by atoms with Crippen LogP contribution in [0.2, 0.25) is 0 Å². The van der Waals surface area contributed by atoms with E-state index in [2.05, 4.69) is 10.3 Å². The largest absolute Gasteiger partial charge is 0.478 e. The van der Waals surface area contributed by atoms with E-state index in [-0.39, 0.29) is 23.9 Å². The fourth-order valence-corrected chi connectivity index (χ4v) is 3.04. The van der Waals surface area contributed by atoms with E-state index in [1.165, 1.54) is 17.0 Å². The summed E-state index contributed by atoms with van der Waals surface area (Å²) in [6.07, 6.45) is 1.70. The van der Waals surface area contributed by atoms with Crippen molar-refractivity contribution < 1.29 is 24.2 Å². The van der Waals surface area contributed by atoms with Crippen molar-refractivity contribution in [2.24, 2.45) is 5.92 Å². The van der Waals surface area contributed by atoms with Crippen molar-refractivity contribution >= 4 is 34.6 Å². The number of rotatable bonds is 3. The fraction of sp³-hybridized carbons (Fsp3) is 0.400. The van der Waals surface area contributed by atoms with Crippen molar-refractivity contribution in [1.82, 2.24) is 9.88 Å². The van der Waals surface area contributed by atoms with Gasteiger partial charge in [-0.3, -0.25) is 4.79 Å². The second-order valence-electron chi connectivity index (χ2n) is 7.84. The lowest BCUT2D eigenvalue weighted by Gasteiger charge is -2.24. The Kier molecular flexibility index (Phi) is 5.22. The van der Waals surface area contributed by atoms with E-state index < -0.39 is 17.7 Å². The molecule has 0 radical (unpaired) electrons. The van der Waals surface area contributed by atoms with Crippen molar-refractivity contribution in [3.8, 4) is 0 Å². The Balaban J connectivity index is 1.66. The Hall–Kier alpha value is -3.16. The number of hydrogen-bond acceptors (Lipinski definition) is 5. The fourth-order valence-electron chi connectivity index (χ4n) is 3.04. The highest BCUT2D eigenvalue weighted by Crippen LogP contribution is 2.22. The molecule has 2 aromatic rings. The van der Waals surface area contributed by atoms with Crippen LogP contribution in [-0.4, -0.2) is 51.7 Å². The van der Waals surface area contributed by atoms with Crippen molar-refractivity contribution in [2.75, 3.05) is 18.4 Å². The van der Waals surface area contributed by atoms with Crippen LogP contribution in [0.1, 0.15) is 37.6 Å². The zero-order valence-corrected chi connectivity index (χ0v) is 16.1. The SMILES string of the molecule is CC(C)(C)OC(=O)N1CCC(C(=O)Nc2cc3cc(C(=O)O)ccc3cn2)C1. The molecule has 1 aliphatic heterocycles. The van der Waals surface area contributed by atoms with Gasteiger partial charge in [-0.25, -0.2) is 14.6 Å². The third kappa shape index (κ3) is 4.57. The van der Waals surface area contributed by atoms with Crippen LogP contribution in [0.4, 0.5) is 10.6 Å². The minimum atomic E-state index is -1.02. The lowest BCUT2D eigenvalue weighted by molar-refractivity contribution is -0.119. The molecule has 1 atom stereocenters. The number of aromatic nitrogens is 1. The van der Waals surface area contributed by atoms with Crippen LogP contribution in [0.5, 0.6) is 0 Å². The maximum absolute atomic E-state index is 12.6. The third-order valence-electron chi connectivity index (χ3n) is 4.43. The van der Waals surface area contributed by atoms with Gasteiger partial charge in [-0.15, -0.1) is 0 Å². The van der Waals surface area contributed by atoms with Crippen molar-refractivity contribution in [3.05, 3.63) is 36.0 Å². The average molecular weight is 385 g/mol. The van der Waals surface area contributed by atoms with E-state index in [9.17, 15) is 14.4 Å². The second kappa shape index (κ2) is 7.46. The number of carbonyl (C=O) groups is 3. The van der Waals surface area contributed by atoms with E-state index in [1.54, 1.807) is 39.1 Å². The van der Waals surface area contributed by atoms with Gasteiger partial charge in [-0.1, -0.05) is 6.07 Å². The number of aromatic carboxylic acids is 1. The van der Waals surface area contributed by atoms with Crippen molar-refractivity contribution in [3.63, 3.8) is 0 Å². The molecule has 2 heterocycles. The molecule has 0 bridgehead atoms. The molecule has 2 amide bonds. The quantitative estimate of drug-likeness (QED) is 0.840. The predicted octanol–water partition coefficient (Wildman–Crippen LogP) is 3.13. The second-order valence-corrected chi connectivity index (χ2v) is 7.84. The third-order valence-corrected chi connectivity index (χ3v) is 4.43. The molecular weight excluding hydrogens is 362 g/mol. The van der Waals surface area contributed by atoms with Gasteiger partial charge < -0.3 is 20.1 Å². The number of carbonyl (C=O) groups excluding carboxylic acids is 2. The number of fused-ring (bicyclic) bond motifs is 1. The van der Waals surface area contributed by atoms with Crippen molar-refractivity contribution in [2.45, 2.75) is 32.8 Å². The monoisotopic (exact) mass is 385 g/mol. The summed E-state index contributed by atoms with van der Waals surface area (Å²) in [4.78, 5) is 41.6. The molecular formula is C20H23N3O5. The first kappa shape index (κ1) is 19.6. The number of ether oxygens (including phenoxy) is 1. The van der Waals surface area contributed by atoms with Crippen LogP contribution in [0, 0.1) is 5.92 Å². The summed E-state index contributed by atoms with van der Waals surface area (Å²) in [5.41, 5.74) is -0.416. The number of nitrogens with one attached hydrogen (secondary N) is 1. The molecule has 1 unspecified atom stereocenters. The molecule has 1 aromatic carbocycles. The summed E-state index contributed by atoms with van der Waals surface area (Å²) in [6, 6.07) is 6.36. The van der Waals surface area contributed by atoms with E-state index in [0.29, 0.717) is 24.2 Å². The Bertz CT molecular complexity index is 935. The number of benzene rings is 1. The first-order valence-corrected chi connectivity index (χ1v) is 9.04. The number of amides is 2. The van der Waals surface area contributed by atoms with Crippen molar-refractivity contribution in [1.29, 1.82) is 0 Å². The van der Waals surface area contributed by atoms with Crippen LogP contribution in [0.15, 0.2) is 30.5 Å². The number of hydrogen-bond donors (Lipinski definition) is 2. The molecule has 1 saturated heterocycles. The minimum Gasteiger partial charge on any atom is -0.478 e. The Morgan fingerprint density at radius 1 is 1.21 bits per heavy atom. The molecule has 148 valence electrons.